The molecule has 1 aliphatic heterocycles. The lowest BCUT2D eigenvalue weighted by Gasteiger charge is -2.41. The van der Waals surface area contributed by atoms with Gasteiger partial charge in [-0.15, -0.1) is 0 Å². The first kappa shape index (κ1) is 20.0. The number of anilines is 1. The normalized spacial score (nSPS) is 16.6. The van der Waals surface area contributed by atoms with Crippen LogP contribution in [0, 0.1) is 13.8 Å². The van der Waals surface area contributed by atoms with E-state index in [-0.39, 0.29) is 6.04 Å². The van der Waals surface area contributed by atoms with Crippen LogP contribution < -0.4 is 4.90 Å². The van der Waals surface area contributed by atoms with Gasteiger partial charge in [0, 0.05) is 48.3 Å². The first-order chi connectivity index (χ1) is 14.4. The molecule has 1 aromatic heterocycles. The van der Waals surface area contributed by atoms with E-state index in [0.717, 1.165) is 22.6 Å². The minimum Gasteiger partial charge on any atom is -0.365 e. The minimum absolute atomic E-state index is 0.143. The summed E-state index contributed by atoms with van der Waals surface area (Å²) in [5.74, 6) is -0.866. The number of nitrogens with one attached hydrogen (secondary N) is 1. The van der Waals surface area contributed by atoms with Crippen LogP contribution in [0.4, 0.5) is 5.69 Å². The molecule has 1 amide bonds. The molecule has 1 saturated heterocycles. The highest BCUT2D eigenvalue weighted by atomic mass is 16.2. The Labute approximate surface area is 177 Å². The van der Waals surface area contributed by atoms with Gasteiger partial charge in [-0.25, -0.2) is 0 Å². The highest BCUT2D eigenvalue weighted by Gasteiger charge is 2.31. The largest absolute Gasteiger partial charge is 0.365 e. The zero-order valence-electron chi connectivity index (χ0n) is 17.7. The van der Waals surface area contributed by atoms with Crippen molar-refractivity contribution in [2.75, 3.05) is 24.5 Å². The average Bonchev–Trinajstić information content (AvgIpc) is 3.15. The van der Waals surface area contributed by atoms with E-state index in [2.05, 4.69) is 48.0 Å². The van der Waals surface area contributed by atoms with Crippen LogP contribution in [0.15, 0.2) is 60.7 Å². The maximum atomic E-state index is 13.0. The molecule has 30 heavy (non-hydrogen) atoms. The van der Waals surface area contributed by atoms with Crippen molar-refractivity contribution < 1.29 is 9.59 Å². The van der Waals surface area contributed by atoms with Crippen molar-refractivity contribution in [2.24, 2.45) is 0 Å². The number of piperazine rings is 1. The van der Waals surface area contributed by atoms with Crippen molar-refractivity contribution >= 4 is 17.4 Å². The zero-order valence-corrected chi connectivity index (χ0v) is 17.7. The van der Waals surface area contributed by atoms with Gasteiger partial charge in [-0.3, -0.25) is 9.59 Å². The summed E-state index contributed by atoms with van der Waals surface area (Å²) in [7, 11) is 0. The molecule has 0 radical (unpaired) electrons. The van der Waals surface area contributed by atoms with Crippen LogP contribution in [0.2, 0.25) is 0 Å². The van der Waals surface area contributed by atoms with Gasteiger partial charge < -0.3 is 14.8 Å². The first-order valence-electron chi connectivity index (χ1n) is 10.4. The van der Waals surface area contributed by atoms with Crippen LogP contribution in [0.25, 0.3) is 11.3 Å². The second-order valence-electron chi connectivity index (χ2n) is 8.05. The third-order valence-corrected chi connectivity index (χ3v) is 5.79. The number of carbonyl (C=O) groups is 2. The minimum atomic E-state index is -0.442. The lowest BCUT2D eigenvalue weighted by atomic mass is 10.1. The Balaban J connectivity index is 1.48. The number of aryl methyl sites for hydroxylation is 2. The monoisotopic (exact) mass is 401 g/mol. The number of ketones is 1. The Kier molecular flexibility index (Phi) is 5.44. The van der Waals surface area contributed by atoms with Gasteiger partial charge in [0.25, 0.3) is 11.7 Å². The summed E-state index contributed by atoms with van der Waals surface area (Å²) < 4.78 is 0. The number of hydrogen-bond acceptors (Lipinski definition) is 3. The highest BCUT2D eigenvalue weighted by molar-refractivity contribution is 6.43. The van der Waals surface area contributed by atoms with Gasteiger partial charge in [0.15, 0.2) is 0 Å². The number of nitrogens with zero attached hydrogens (tertiary/aromatic N) is 2. The zero-order chi connectivity index (χ0) is 21.3. The molecule has 5 nitrogen and oxygen atoms in total. The van der Waals surface area contributed by atoms with Crippen molar-refractivity contribution in [3.63, 3.8) is 0 Å². The second-order valence-corrected chi connectivity index (χ2v) is 8.05. The smallest absolute Gasteiger partial charge is 0.295 e. The van der Waals surface area contributed by atoms with E-state index in [0.29, 0.717) is 25.2 Å². The topological polar surface area (TPSA) is 56.4 Å². The van der Waals surface area contributed by atoms with E-state index in [1.54, 1.807) is 11.0 Å². The molecule has 0 spiro atoms. The molecule has 4 rings (SSSR count). The summed E-state index contributed by atoms with van der Waals surface area (Å²) in [5.41, 5.74) is 5.39. The van der Waals surface area contributed by atoms with Gasteiger partial charge in [0.1, 0.15) is 0 Å². The molecular weight excluding hydrogens is 374 g/mol. The fraction of sp³-hybridized carbons (Fsp3) is 0.280. The SMILES string of the molecule is Cc1cccc(N2CCN(C(=O)C(=O)c3cc(-c4ccccc4)[nH]c3C)CC2C)c1. The molecule has 1 N–H and O–H groups in total. The van der Waals surface area contributed by atoms with Crippen molar-refractivity contribution in [3.8, 4) is 11.3 Å². The maximum absolute atomic E-state index is 13.0. The van der Waals surface area contributed by atoms with E-state index >= 15 is 0 Å². The van der Waals surface area contributed by atoms with E-state index in [9.17, 15) is 9.59 Å². The first-order valence-corrected chi connectivity index (χ1v) is 10.4. The number of aromatic nitrogens is 1. The molecule has 0 aliphatic carbocycles. The number of benzene rings is 2. The van der Waals surface area contributed by atoms with Crippen LogP contribution in [0.3, 0.4) is 0 Å². The molecule has 1 fully saturated rings. The lowest BCUT2D eigenvalue weighted by molar-refractivity contribution is -0.127. The summed E-state index contributed by atoms with van der Waals surface area (Å²) in [6.45, 7) is 7.80. The Hall–Kier alpha value is -3.34. The predicted molar refractivity (Wildman–Crippen MR) is 120 cm³/mol. The molecule has 5 heteroatoms. The summed E-state index contributed by atoms with van der Waals surface area (Å²) in [5, 5.41) is 0. The average molecular weight is 402 g/mol. The molecule has 2 heterocycles. The Morgan fingerprint density at radius 1 is 0.967 bits per heavy atom. The second kappa shape index (κ2) is 8.19. The summed E-state index contributed by atoms with van der Waals surface area (Å²) in [6, 6.07) is 20.1. The van der Waals surface area contributed by atoms with Crippen molar-refractivity contribution in [3.05, 3.63) is 77.5 Å². The molecule has 0 bridgehead atoms. The highest BCUT2D eigenvalue weighted by Crippen LogP contribution is 2.24. The van der Waals surface area contributed by atoms with Gasteiger partial charge in [-0.2, -0.15) is 0 Å². The Bertz CT molecular complexity index is 1070. The molecule has 154 valence electrons. The number of carbonyl (C=O) groups excluding carboxylic acids is 2. The standard InChI is InChI=1S/C25H27N3O2/c1-17-8-7-11-21(14-17)28-13-12-27(16-18(28)2)25(30)24(29)22-15-23(26-19(22)3)20-9-5-4-6-10-20/h4-11,14-15,18,26H,12-13,16H2,1-3H3. The van der Waals surface area contributed by atoms with Crippen molar-refractivity contribution in [1.29, 1.82) is 0 Å². The molecule has 1 unspecified atom stereocenters. The number of amides is 1. The van der Waals surface area contributed by atoms with Crippen molar-refractivity contribution in [1.82, 2.24) is 9.88 Å². The lowest BCUT2D eigenvalue weighted by Crippen LogP contribution is -2.55. The quantitative estimate of drug-likeness (QED) is 0.526. The summed E-state index contributed by atoms with van der Waals surface area (Å²) >= 11 is 0. The third kappa shape index (κ3) is 3.88. The fourth-order valence-corrected chi connectivity index (χ4v) is 4.16. The summed E-state index contributed by atoms with van der Waals surface area (Å²) in [4.78, 5) is 33.2. The van der Waals surface area contributed by atoms with Gasteiger partial charge in [0.05, 0.1) is 0 Å². The van der Waals surface area contributed by atoms with Crippen LogP contribution in [-0.2, 0) is 4.79 Å². The fourth-order valence-electron chi connectivity index (χ4n) is 4.16. The Morgan fingerprint density at radius 2 is 1.73 bits per heavy atom. The number of aromatic amines is 1. The molecule has 3 aromatic rings. The van der Waals surface area contributed by atoms with E-state index < -0.39 is 11.7 Å². The third-order valence-electron chi connectivity index (χ3n) is 5.79. The molecular formula is C25H27N3O2. The van der Waals surface area contributed by atoms with Crippen LogP contribution in [0.5, 0.6) is 0 Å². The van der Waals surface area contributed by atoms with Gasteiger partial charge in [-0.1, -0.05) is 42.5 Å². The molecule has 1 aliphatic rings. The van der Waals surface area contributed by atoms with E-state index in [1.165, 1.54) is 5.56 Å². The van der Waals surface area contributed by atoms with Crippen LogP contribution >= 0.6 is 0 Å². The Morgan fingerprint density at radius 3 is 2.43 bits per heavy atom. The van der Waals surface area contributed by atoms with Crippen LogP contribution in [0.1, 0.15) is 28.5 Å². The molecule has 2 aromatic carbocycles. The van der Waals surface area contributed by atoms with Gasteiger partial charge in [0.2, 0.25) is 0 Å². The summed E-state index contributed by atoms with van der Waals surface area (Å²) in [6.07, 6.45) is 0. The van der Waals surface area contributed by atoms with Gasteiger partial charge in [-0.05, 0) is 50.1 Å². The molecule has 0 saturated carbocycles. The van der Waals surface area contributed by atoms with Gasteiger partial charge >= 0.3 is 0 Å². The van der Waals surface area contributed by atoms with E-state index in [1.807, 2.05) is 37.3 Å². The number of hydrogen-bond donors (Lipinski definition) is 1. The number of Topliss-reactive ketones (excluding diaryl/α,β-unsaturated/α-hetero) is 1. The van der Waals surface area contributed by atoms with E-state index in [4.69, 9.17) is 0 Å². The predicted octanol–water partition coefficient (Wildman–Crippen LogP) is 4.22. The van der Waals surface area contributed by atoms with Crippen molar-refractivity contribution in [2.45, 2.75) is 26.8 Å². The van der Waals surface area contributed by atoms with Crippen LogP contribution in [-0.4, -0.2) is 47.3 Å². The number of rotatable bonds is 4. The maximum Gasteiger partial charge on any atom is 0.295 e. The molecule has 1 atom stereocenters. The number of H-pyrrole nitrogens is 1.